The van der Waals surface area contributed by atoms with E-state index >= 15 is 0 Å². The predicted octanol–water partition coefficient (Wildman–Crippen LogP) is 4.92. The highest BCUT2D eigenvalue weighted by Crippen LogP contribution is 2.23. The highest BCUT2D eigenvalue weighted by atomic mass is 79.9. The van der Waals surface area contributed by atoms with Crippen LogP contribution in [0.15, 0.2) is 51.8 Å². The molecule has 94 valence electrons. The summed E-state index contributed by atoms with van der Waals surface area (Å²) < 4.78 is 13.9. The summed E-state index contributed by atoms with van der Waals surface area (Å²) in [6.45, 7) is 0.593. The van der Waals surface area contributed by atoms with Gasteiger partial charge in [0.2, 0.25) is 0 Å². The van der Waals surface area contributed by atoms with Crippen LogP contribution in [-0.4, -0.2) is 6.26 Å². The van der Waals surface area contributed by atoms with Crippen LogP contribution in [0.4, 0.5) is 10.1 Å². The van der Waals surface area contributed by atoms with Gasteiger partial charge in [-0.2, -0.15) is 0 Å². The van der Waals surface area contributed by atoms with Crippen LogP contribution in [0.2, 0.25) is 0 Å². The van der Waals surface area contributed by atoms with E-state index < -0.39 is 0 Å². The van der Waals surface area contributed by atoms with Gasteiger partial charge in [0.1, 0.15) is 5.82 Å². The minimum Gasteiger partial charge on any atom is -0.381 e. The maximum absolute atomic E-state index is 13.3. The Hall–Kier alpha value is -1.00. The van der Waals surface area contributed by atoms with Gasteiger partial charge in [-0.3, -0.25) is 0 Å². The van der Waals surface area contributed by atoms with Gasteiger partial charge in [-0.25, -0.2) is 4.39 Å². The monoisotopic (exact) mass is 325 g/mol. The molecule has 0 aliphatic carbocycles. The van der Waals surface area contributed by atoms with Crippen molar-refractivity contribution in [3.8, 4) is 0 Å². The first-order valence-corrected chi connectivity index (χ1v) is 7.53. The molecule has 1 nitrogen and oxygen atoms in total. The van der Waals surface area contributed by atoms with Gasteiger partial charge in [-0.15, -0.1) is 11.8 Å². The van der Waals surface area contributed by atoms with Crippen LogP contribution in [-0.2, 0) is 6.54 Å². The zero-order chi connectivity index (χ0) is 13.0. The molecule has 0 aliphatic rings. The molecular formula is C14H13BrFNS. The van der Waals surface area contributed by atoms with Gasteiger partial charge >= 0.3 is 0 Å². The second kappa shape index (κ2) is 6.25. The van der Waals surface area contributed by atoms with Gasteiger partial charge in [0.15, 0.2) is 0 Å². The van der Waals surface area contributed by atoms with Crippen LogP contribution in [0.25, 0.3) is 0 Å². The lowest BCUT2D eigenvalue weighted by atomic mass is 10.2. The Bertz CT molecular complexity index is 545. The average Bonchev–Trinajstić information content (AvgIpc) is 2.41. The van der Waals surface area contributed by atoms with Gasteiger partial charge in [-0.05, 0) is 52.0 Å². The minimum atomic E-state index is -0.229. The lowest BCUT2D eigenvalue weighted by molar-refractivity contribution is 0.618. The summed E-state index contributed by atoms with van der Waals surface area (Å²) in [5, 5.41) is 3.29. The van der Waals surface area contributed by atoms with E-state index in [9.17, 15) is 4.39 Å². The number of nitrogens with one attached hydrogen (secondary N) is 1. The summed E-state index contributed by atoms with van der Waals surface area (Å²) in [6.07, 6.45) is 2.04. The summed E-state index contributed by atoms with van der Waals surface area (Å²) in [5.41, 5.74) is 1.95. The van der Waals surface area contributed by atoms with E-state index in [4.69, 9.17) is 0 Å². The molecule has 0 amide bonds. The summed E-state index contributed by atoms with van der Waals surface area (Å²) in [7, 11) is 0. The standard InChI is InChI=1S/C14H13BrFNS/c1-18-12-6-3-5-11(8-12)17-9-10-4-2-7-13(16)14(10)15/h2-8,17H,9H2,1H3. The van der Waals surface area contributed by atoms with Crippen LogP contribution in [0.5, 0.6) is 0 Å². The Labute approximate surface area is 119 Å². The van der Waals surface area contributed by atoms with Crippen molar-refractivity contribution in [1.29, 1.82) is 0 Å². The Kier molecular flexibility index (Phi) is 4.66. The molecule has 0 radical (unpaired) electrons. The normalized spacial score (nSPS) is 10.4. The summed E-state index contributed by atoms with van der Waals surface area (Å²) >= 11 is 4.96. The highest BCUT2D eigenvalue weighted by molar-refractivity contribution is 9.10. The smallest absolute Gasteiger partial charge is 0.137 e. The fraction of sp³-hybridized carbons (Fsp3) is 0.143. The lowest BCUT2D eigenvalue weighted by Gasteiger charge is -2.09. The zero-order valence-electron chi connectivity index (χ0n) is 9.91. The van der Waals surface area contributed by atoms with Crippen LogP contribution in [0.3, 0.4) is 0 Å². The molecule has 4 heteroatoms. The van der Waals surface area contributed by atoms with Crippen molar-refractivity contribution >= 4 is 33.4 Å². The molecule has 2 aromatic carbocycles. The lowest BCUT2D eigenvalue weighted by Crippen LogP contribution is -2.01. The van der Waals surface area contributed by atoms with E-state index in [1.807, 2.05) is 24.5 Å². The minimum absolute atomic E-state index is 0.229. The molecule has 0 aromatic heterocycles. The third-order valence-corrected chi connectivity index (χ3v) is 4.20. The van der Waals surface area contributed by atoms with Gasteiger partial charge in [-0.1, -0.05) is 18.2 Å². The molecule has 0 heterocycles. The van der Waals surface area contributed by atoms with E-state index in [2.05, 4.69) is 33.4 Å². The fourth-order valence-corrected chi connectivity index (χ4v) is 2.48. The van der Waals surface area contributed by atoms with Crippen molar-refractivity contribution in [3.63, 3.8) is 0 Å². The first-order chi connectivity index (χ1) is 8.70. The van der Waals surface area contributed by atoms with Crippen molar-refractivity contribution in [3.05, 3.63) is 58.3 Å². The Balaban J connectivity index is 2.09. The fourth-order valence-electron chi connectivity index (χ4n) is 1.62. The van der Waals surface area contributed by atoms with E-state index in [-0.39, 0.29) is 5.82 Å². The second-order valence-electron chi connectivity index (χ2n) is 3.80. The first kappa shape index (κ1) is 13.4. The molecule has 0 fully saturated rings. The number of hydrogen-bond donors (Lipinski definition) is 1. The van der Waals surface area contributed by atoms with Crippen molar-refractivity contribution < 1.29 is 4.39 Å². The number of benzene rings is 2. The van der Waals surface area contributed by atoms with E-state index in [1.165, 1.54) is 11.0 Å². The van der Waals surface area contributed by atoms with Crippen molar-refractivity contribution in [2.45, 2.75) is 11.4 Å². The Morgan fingerprint density at radius 2 is 2.00 bits per heavy atom. The molecule has 2 aromatic rings. The van der Waals surface area contributed by atoms with Gasteiger partial charge in [0.05, 0.1) is 4.47 Å². The quantitative estimate of drug-likeness (QED) is 0.800. The molecule has 0 spiro atoms. The van der Waals surface area contributed by atoms with Crippen molar-refractivity contribution in [2.24, 2.45) is 0 Å². The molecule has 1 N–H and O–H groups in total. The summed E-state index contributed by atoms with van der Waals surface area (Å²) in [4.78, 5) is 1.21. The zero-order valence-corrected chi connectivity index (χ0v) is 12.3. The highest BCUT2D eigenvalue weighted by Gasteiger charge is 2.04. The molecule has 0 atom stereocenters. The van der Waals surface area contributed by atoms with Gasteiger partial charge in [0.25, 0.3) is 0 Å². The summed E-state index contributed by atoms with van der Waals surface area (Å²) in [6, 6.07) is 13.2. The number of thioether (sulfide) groups is 1. The average molecular weight is 326 g/mol. The predicted molar refractivity (Wildman–Crippen MR) is 79.6 cm³/mol. The van der Waals surface area contributed by atoms with E-state index in [1.54, 1.807) is 17.8 Å². The molecule has 0 aliphatic heterocycles. The number of anilines is 1. The molecular weight excluding hydrogens is 313 g/mol. The van der Waals surface area contributed by atoms with Crippen LogP contribution in [0.1, 0.15) is 5.56 Å². The Morgan fingerprint density at radius 3 is 2.78 bits per heavy atom. The third-order valence-electron chi connectivity index (χ3n) is 2.58. The molecule has 0 unspecified atom stereocenters. The largest absolute Gasteiger partial charge is 0.381 e. The van der Waals surface area contributed by atoms with E-state index in [0.717, 1.165) is 11.3 Å². The number of halogens is 2. The van der Waals surface area contributed by atoms with Crippen molar-refractivity contribution in [2.75, 3.05) is 11.6 Å². The van der Waals surface area contributed by atoms with Crippen LogP contribution in [0, 0.1) is 5.82 Å². The van der Waals surface area contributed by atoms with Crippen molar-refractivity contribution in [1.82, 2.24) is 0 Å². The molecule has 2 rings (SSSR count). The Morgan fingerprint density at radius 1 is 1.22 bits per heavy atom. The first-order valence-electron chi connectivity index (χ1n) is 5.51. The number of rotatable bonds is 4. The maximum atomic E-state index is 13.3. The van der Waals surface area contributed by atoms with Crippen LogP contribution >= 0.6 is 27.7 Å². The third kappa shape index (κ3) is 3.27. The SMILES string of the molecule is CSc1cccc(NCc2cccc(F)c2Br)c1. The van der Waals surface area contributed by atoms with Crippen LogP contribution < -0.4 is 5.32 Å². The van der Waals surface area contributed by atoms with E-state index in [0.29, 0.717) is 11.0 Å². The summed E-state index contributed by atoms with van der Waals surface area (Å²) in [5.74, 6) is -0.229. The maximum Gasteiger partial charge on any atom is 0.137 e. The molecule has 0 bridgehead atoms. The molecule has 0 saturated heterocycles. The molecule has 0 saturated carbocycles. The topological polar surface area (TPSA) is 12.0 Å². The van der Waals surface area contributed by atoms with Gasteiger partial charge < -0.3 is 5.32 Å². The van der Waals surface area contributed by atoms with Gasteiger partial charge in [0, 0.05) is 17.1 Å². The number of hydrogen-bond acceptors (Lipinski definition) is 2. The molecule has 18 heavy (non-hydrogen) atoms. The second-order valence-corrected chi connectivity index (χ2v) is 5.47.